The number of hydrogen-bond acceptors (Lipinski definition) is 20. The Hall–Kier alpha value is 0.1000. The first kappa shape index (κ1) is 90.1. The lowest BCUT2D eigenvalue weighted by Crippen LogP contribution is -2.35. The summed E-state index contributed by atoms with van der Waals surface area (Å²) < 4.78 is 52.9. The van der Waals surface area contributed by atoms with Crippen LogP contribution in [0.3, 0.4) is 0 Å². The van der Waals surface area contributed by atoms with E-state index in [1.807, 2.05) is 75.5 Å². The van der Waals surface area contributed by atoms with Crippen LogP contribution in [0.4, 0.5) is 0 Å². The summed E-state index contributed by atoms with van der Waals surface area (Å²) >= 11 is 14.8. The number of nitrogens with zero attached hydrogens (tertiary/aromatic N) is 4. The molecular formula is C68H132N4O12S8. The zero-order valence-electron chi connectivity index (χ0n) is 59.3. The van der Waals surface area contributed by atoms with Crippen LogP contribution in [0, 0.1) is 0 Å². The summed E-state index contributed by atoms with van der Waals surface area (Å²) in [6, 6.07) is 0. The summed E-state index contributed by atoms with van der Waals surface area (Å²) in [5, 5.41) is 0. The maximum Gasteiger partial charge on any atom is 0.223 e. The molecular weight excluding hydrogens is 1320 g/mol. The van der Waals surface area contributed by atoms with Gasteiger partial charge in [0.15, 0.2) is 0 Å². The average Bonchev–Trinajstić information content (AvgIpc) is 3.78. The van der Waals surface area contributed by atoms with E-state index < -0.39 is 0 Å². The maximum atomic E-state index is 13.4. The molecule has 0 aromatic rings. The van der Waals surface area contributed by atoms with Crippen molar-refractivity contribution in [3.8, 4) is 0 Å². The van der Waals surface area contributed by atoms with Crippen molar-refractivity contribution in [2.45, 2.75) is 144 Å². The van der Waals surface area contributed by atoms with Gasteiger partial charge in [0.25, 0.3) is 0 Å². The molecule has 24 heteroatoms. The van der Waals surface area contributed by atoms with Crippen LogP contribution in [0.1, 0.15) is 145 Å². The van der Waals surface area contributed by atoms with Crippen molar-refractivity contribution in [3.05, 3.63) is 12.7 Å². The van der Waals surface area contributed by atoms with Gasteiger partial charge in [-0.25, -0.2) is 0 Å². The van der Waals surface area contributed by atoms with Crippen molar-refractivity contribution in [1.82, 2.24) is 19.6 Å². The highest BCUT2D eigenvalue weighted by Gasteiger charge is 2.17. The third-order valence-corrected chi connectivity index (χ3v) is 22.1. The molecule has 0 spiro atoms. The first-order valence-corrected chi connectivity index (χ1v) is 44.3. The van der Waals surface area contributed by atoms with E-state index in [0.717, 1.165) is 215 Å². The quantitative estimate of drug-likeness (QED) is 0.0418. The Bertz CT molecular complexity index is 1640. The van der Waals surface area contributed by atoms with Crippen LogP contribution in [0.15, 0.2) is 12.7 Å². The summed E-state index contributed by atoms with van der Waals surface area (Å²) in [4.78, 5) is 60.1. The molecule has 0 atom stereocenters. The minimum atomic E-state index is 0.204. The number of carbonyl (C=O) groups is 4. The zero-order chi connectivity index (χ0) is 67.7. The molecule has 0 N–H and O–H groups in total. The van der Waals surface area contributed by atoms with Gasteiger partial charge in [-0.1, -0.05) is 59.4 Å². The topological polar surface area (TPSA) is 155 Å². The monoisotopic (exact) mass is 1450 g/mol. The van der Waals surface area contributed by atoms with Gasteiger partial charge in [0.1, 0.15) is 0 Å². The number of ether oxygens (including phenoxy) is 8. The van der Waals surface area contributed by atoms with Crippen LogP contribution < -0.4 is 0 Å². The van der Waals surface area contributed by atoms with E-state index in [1.165, 1.54) is 6.42 Å². The van der Waals surface area contributed by atoms with Crippen molar-refractivity contribution in [3.63, 3.8) is 0 Å². The van der Waals surface area contributed by atoms with Gasteiger partial charge in [-0.2, -0.15) is 94.1 Å². The van der Waals surface area contributed by atoms with Crippen LogP contribution in [0.5, 0.6) is 0 Å². The molecule has 0 bridgehead atoms. The standard InChI is InChI=1S/C68H132N4O12S8/c1-7-13-27-69(26-11-5)65(73)23-56-90-62-46-83-41-38-80-44-60-88-53-20-31-71(29-15-9-3)67(75)25-58-92-64-48-84-42-39-81-45-61-89-54-21-32-72(33-34-78-36-35-77-12-6)68(76)22-55-86-51-18-17-50-85-52-19-30-70(28-14-8-2)66(74)24-57-91-63-47-82-40-37-79-43-59-87-49-16-10-4/h11H,5,7-10,12-64H2,1-4,6H3/i4D. The Morgan fingerprint density at radius 2 is 0.576 bits per heavy atom. The Labute approximate surface area is 597 Å². The molecule has 0 aliphatic carbocycles. The number of unbranched alkanes of at least 4 members (excludes halogenated alkanes) is 5. The van der Waals surface area contributed by atoms with E-state index in [2.05, 4.69) is 37.1 Å². The van der Waals surface area contributed by atoms with Crippen LogP contribution in [-0.2, 0) is 57.1 Å². The van der Waals surface area contributed by atoms with Gasteiger partial charge in [-0.3, -0.25) is 19.2 Å². The molecule has 0 radical (unpaired) electrons. The molecule has 0 aliphatic heterocycles. The lowest BCUT2D eigenvalue weighted by molar-refractivity contribution is -0.132. The second-order valence-corrected chi connectivity index (χ2v) is 31.5. The number of hydrogen-bond donors (Lipinski definition) is 0. The fraction of sp³-hybridized carbons (Fsp3) is 0.912. The number of carbonyl (C=O) groups excluding carboxylic acids is 4. The minimum absolute atomic E-state index is 0.204. The van der Waals surface area contributed by atoms with Crippen LogP contribution in [0.2, 0.25) is 0 Å². The predicted molar refractivity (Wildman–Crippen MR) is 409 cm³/mol. The SMILES string of the molecule is [2H]CCCCSCCOCCOCCSCCC(=O)N(CCCC)CCCSCCCCSCCC(=O)N(CCCSCCOCCOCCSCCC(=O)N(CCCC)CCCSCCOCCOCCSCCC(=O)N(CC=C)CCCC)CCOCCOCC. The van der Waals surface area contributed by atoms with Gasteiger partial charge >= 0.3 is 0 Å². The molecule has 0 fully saturated rings. The summed E-state index contributed by atoms with van der Waals surface area (Å²) in [5.41, 5.74) is 0. The molecule has 16 nitrogen and oxygen atoms in total. The van der Waals surface area contributed by atoms with Crippen LogP contribution >= 0.6 is 94.1 Å². The van der Waals surface area contributed by atoms with Gasteiger partial charge in [-0.15, -0.1) is 6.58 Å². The van der Waals surface area contributed by atoms with Crippen LogP contribution in [0.25, 0.3) is 0 Å². The highest BCUT2D eigenvalue weighted by molar-refractivity contribution is 8.00. The first-order chi connectivity index (χ1) is 45.8. The molecule has 0 rings (SSSR count). The largest absolute Gasteiger partial charge is 0.379 e. The second kappa shape index (κ2) is 76.8. The van der Waals surface area contributed by atoms with Gasteiger partial charge in [0.2, 0.25) is 23.6 Å². The maximum absolute atomic E-state index is 13.4. The fourth-order valence-electron chi connectivity index (χ4n) is 8.59. The van der Waals surface area contributed by atoms with Crippen molar-refractivity contribution >= 4 is 118 Å². The Morgan fingerprint density at radius 1 is 0.304 bits per heavy atom. The lowest BCUT2D eigenvalue weighted by Gasteiger charge is -2.23. The van der Waals surface area contributed by atoms with Crippen LogP contribution in [-0.4, -0.2) is 293 Å². The molecule has 4 amide bonds. The second-order valence-electron chi connectivity index (χ2n) is 21.7. The van der Waals surface area contributed by atoms with E-state index in [0.29, 0.717) is 145 Å². The highest BCUT2D eigenvalue weighted by Crippen LogP contribution is 2.16. The summed E-state index contributed by atoms with van der Waals surface area (Å²) in [6.45, 7) is 28.8. The molecule has 0 saturated carbocycles. The van der Waals surface area contributed by atoms with E-state index in [1.54, 1.807) is 41.4 Å². The van der Waals surface area contributed by atoms with Gasteiger partial charge < -0.3 is 57.5 Å². The zero-order valence-corrected chi connectivity index (χ0v) is 64.8. The van der Waals surface area contributed by atoms with E-state index in [9.17, 15) is 19.2 Å². The van der Waals surface area contributed by atoms with Crippen molar-refractivity contribution in [2.75, 3.05) is 250 Å². The summed E-state index contributed by atoms with van der Waals surface area (Å²) in [5.74, 6) is 16.0. The number of amides is 4. The van der Waals surface area contributed by atoms with E-state index in [-0.39, 0.29) is 23.6 Å². The molecule has 0 aromatic carbocycles. The average molecular weight is 1460 g/mol. The summed E-state index contributed by atoms with van der Waals surface area (Å²) in [6.07, 6.45) is 17.7. The number of thioether (sulfide) groups is 8. The third kappa shape index (κ3) is 64.8. The third-order valence-electron chi connectivity index (χ3n) is 13.9. The normalized spacial score (nSPS) is 11.6. The number of rotatable bonds is 77. The Balaban J connectivity index is 4.10. The Morgan fingerprint density at radius 3 is 0.924 bits per heavy atom. The molecule has 92 heavy (non-hydrogen) atoms. The van der Waals surface area contributed by atoms with Gasteiger partial charge in [0.05, 0.1) is 99.1 Å². The molecule has 0 aliphatic rings. The predicted octanol–water partition coefficient (Wildman–Crippen LogP) is 13.2. The Kier molecular flexibility index (Phi) is 75.3. The molecule has 544 valence electrons. The van der Waals surface area contributed by atoms with Gasteiger partial charge in [-0.05, 0) is 99.2 Å². The molecule has 0 saturated heterocycles. The van der Waals surface area contributed by atoms with E-state index >= 15 is 0 Å². The van der Waals surface area contributed by atoms with Crippen molar-refractivity contribution in [1.29, 1.82) is 0 Å². The van der Waals surface area contributed by atoms with Crippen molar-refractivity contribution in [2.24, 2.45) is 0 Å². The smallest absolute Gasteiger partial charge is 0.223 e. The minimum Gasteiger partial charge on any atom is -0.379 e. The molecule has 0 aromatic heterocycles. The summed E-state index contributed by atoms with van der Waals surface area (Å²) in [7, 11) is 0. The molecule has 0 heterocycles. The fourth-order valence-corrected chi connectivity index (χ4v) is 15.1. The lowest BCUT2D eigenvalue weighted by atomic mass is 10.2. The molecule has 0 unspecified atom stereocenters. The highest BCUT2D eigenvalue weighted by atomic mass is 32.2. The van der Waals surface area contributed by atoms with E-state index in [4.69, 9.17) is 39.3 Å². The van der Waals surface area contributed by atoms with Crippen molar-refractivity contribution < 1.29 is 58.4 Å². The van der Waals surface area contributed by atoms with Gasteiger partial charge in [0, 0.05) is 144 Å². The first-order valence-electron chi connectivity index (χ1n) is 35.7.